The van der Waals surface area contributed by atoms with E-state index in [1.807, 2.05) is 11.5 Å². The fraction of sp³-hybridized carbons (Fsp3) is 0.571. The molecular formula is C14H24N2O3Si. The van der Waals surface area contributed by atoms with Crippen molar-refractivity contribution in [3.8, 4) is 0 Å². The number of methoxy groups -OCH3 is 1. The molecule has 0 spiro atoms. The molecule has 20 heavy (non-hydrogen) atoms. The zero-order chi connectivity index (χ0) is 15.2. The average molecular weight is 296 g/mol. The maximum atomic E-state index is 11.1. The van der Waals surface area contributed by atoms with E-state index in [9.17, 15) is 4.79 Å². The van der Waals surface area contributed by atoms with Crippen LogP contribution in [0.5, 0.6) is 0 Å². The van der Waals surface area contributed by atoms with E-state index in [1.54, 1.807) is 12.3 Å². The lowest BCUT2D eigenvalue weighted by atomic mass is 10.4. The highest BCUT2D eigenvalue weighted by molar-refractivity contribution is 6.76. The van der Waals surface area contributed by atoms with Crippen LogP contribution in [0.1, 0.15) is 11.5 Å². The summed E-state index contributed by atoms with van der Waals surface area (Å²) in [4.78, 5) is 15.3. The Morgan fingerprint density at radius 2 is 2.15 bits per heavy atom. The molecule has 0 aliphatic carbocycles. The van der Waals surface area contributed by atoms with E-state index in [4.69, 9.17) is 4.74 Å². The van der Waals surface area contributed by atoms with E-state index < -0.39 is 8.07 Å². The van der Waals surface area contributed by atoms with Gasteiger partial charge in [-0.15, -0.1) is 0 Å². The van der Waals surface area contributed by atoms with E-state index in [0.717, 1.165) is 24.2 Å². The summed E-state index contributed by atoms with van der Waals surface area (Å²) in [6, 6.07) is 1.13. The highest BCUT2D eigenvalue weighted by Crippen LogP contribution is 2.10. The zero-order valence-corrected chi connectivity index (χ0v) is 14.0. The first-order chi connectivity index (χ1) is 9.33. The van der Waals surface area contributed by atoms with Crippen molar-refractivity contribution >= 4 is 20.1 Å². The molecule has 0 saturated heterocycles. The van der Waals surface area contributed by atoms with Crippen molar-refractivity contribution in [2.75, 3.05) is 13.7 Å². The van der Waals surface area contributed by atoms with Crippen molar-refractivity contribution in [1.29, 1.82) is 0 Å². The number of aromatic nitrogens is 2. The number of hydrogen-bond donors (Lipinski definition) is 0. The SMILES string of the molecule is COC(=O)/C=C/c1cnc(C)n1COCC[Si](C)(C)C. The van der Waals surface area contributed by atoms with Crippen LogP contribution in [-0.2, 0) is 21.0 Å². The molecule has 112 valence electrons. The standard InChI is InChI=1S/C14H24N2O3Si/c1-12-15-10-13(6-7-14(17)18-2)16(12)11-19-8-9-20(3,4)5/h6-7,10H,8-9,11H2,1-5H3/b7-6+. The van der Waals surface area contributed by atoms with Gasteiger partial charge >= 0.3 is 5.97 Å². The molecule has 0 aliphatic rings. The minimum atomic E-state index is -1.07. The molecule has 5 nitrogen and oxygen atoms in total. The first kappa shape index (κ1) is 16.7. The summed E-state index contributed by atoms with van der Waals surface area (Å²) in [6.45, 7) is 10.1. The Balaban J connectivity index is 2.59. The van der Waals surface area contributed by atoms with Gasteiger partial charge < -0.3 is 14.0 Å². The predicted octanol–water partition coefficient (Wildman–Crippen LogP) is 2.69. The maximum absolute atomic E-state index is 11.1. The molecule has 0 aromatic carbocycles. The molecule has 0 radical (unpaired) electrons. The third-order valence-electron chi connectivity index (χ3n) is 2.89. The summed E-state index contributed by atoms with van der Waals surface area (Å²) in [5.74, 6) is 0.484. The van der Waals surface area contributed by atoms with Gasteiger partial charge in [-0.25, -0.2) is 9.78 Å². The summed E-state index contributed by atoms with van der Waals surface area (Å²) < 4.78 is 12.2. The Labute approximate surface area is 121 Å². The Morgan fingerprint density at radius 1 is 1.45 bits per heavy atom. The van der Waals surface area contributed by atoms with Gasteiger partial charge in [0.25, 0.3) is 0 Å². The molecule has 0 N–H and O–H groups in total. The van der Waals surface area contributed by atoms with Gasteiger partial charge in [-0.05, 0) is 19.0 Å². The van der Waals surface area contributed by atoms with Gasteiger partial charge in [0.2, 0.25) is 0 Å². The minimum Gasteiger partial charge on any atom is -0.466 e. The largest absolute Gasteiger partial charge is 0.466 e. The molecule has 0 unspecified atom stereocenters. The van der Waals surface area contributed by atoms with Gasteiger partial charge in [0.05, 0.1) is 19.0 Å². The summed E-state index contributed by atoms with van der Waals surface area (Å²) in [7, 11) is 0.289. The molecule has 6 heteroatoms. The fourth-order valence-corrected chi connectivity index (χ4v) is 2.30. The highest BCUT2D eigenvalue weighted by Gasteiger charge is 2.12. The number of hydrogen-bond acceptors (Lipinski definition) is 4. The lowest BCUT2D eigenvalue weighted by molar-refractivity contribution is -0.134. The van der Waals surface area contributed by atoms with Crippen molar-refractivity contribution < 1.29 is 14.3 Å². The second kappa shape index (κ2) is 7.40. The van der Waals surface area contributed by atoms with Crippen LogP contribution in [0.3, 0.4) is 0 Å². The number of nitrogens with zero attached hydrogens (tertiary/aromatic N) is 2. The first-order valence-electron chi connectivity index (χ1n) is 6.69. The Bertz CT molecular complexity index is 475. The van der Waals surface area contributed by atoms with Gasteiger partial charge in [-0.1, -0.05) is 19.6 Å². The summed E-state index contributed by atoms with van der Waals surface area (Å²) in [5, 5.41) is 0. The van der Waals surface area contributed by atoms with Crippen molar-refractivity contribution in [1.82, 2.24) is 9.55 Å². The number of carbonyl (C=O) groups excluding carboxylic acids is 1. The van der Waals surface area contributed by atoms with Gasteiger partial charge in [0, 0.05) is 20.8 Å². The van der Waals surface area contributed by atoms with Crippen LogP contribution >= 0.6 is 0 Å². The summed E-state index contributed by atoms with van der Waals surface area (Å²) in [6.07, 6.45) is 4.79. The van der Waals surface area contributed by atoms with Crippen LogP contribution in [0.25, 0.3) is 6.08 Å². The number of esters is 1. The van der Waals surface area contributed by atoms with Crippen molar-refractivity contribution in [2.45, 2.75) is 39.3 Å². The van der Waals surface area contributed by atoms with Crippen molar-refractivity contribution in [3.63, 3.8) is 0 Å². The third kappa shape index (κ3) is 5.71. The second-order valence-electron chi connectivity index (χ2n) is 5.86. The normalized spacial score (nSPS) is 12.1. The molecule has 0 bridgehead atoms. The van der Waals surface area contributed by atoms with Crippen LogP contribution in [-0.4, -0.2) is 37.3 Å². The lowest BCUT2D eigenvalue weighted by Crippen LogP contribution is -2.22. The van der Waals surface area contributed by atoms with Crippen LogP contribution in [0.4, 0.5) is 0 Å². The monoisotopic (exact) mass is 296 g/mol. The summed E-state index contributed by atoms with van der Waals surface area (Å²) >= 11 is 0. The molecule has 0 fully saturated rings. The van der Waals surface area contributed by atoms with Gasteiger partial charge in [-0.3, -0.25) is 0 Å². The molecular weight excluding hydrogens is 272 g/mol. The molecule has 0 saturated carbocycles. The highest BCUT2D eigenvalue weighted by atomic mass is 28.3. The van der Waals surface area contributed by atoms with Crippen LogP contribution in [0, 0.1) is 6.92 Å². The van der Waals surface area contributed by atoms with Gasteiger partial charge in [0.1, 0.15) is 12.6 Å². The lowest BCUT2D eigenvalue weighted by Gasteiger charge is -2.16. The molecule has 1 aromatic rings. The van der Waals surface area contributed by atoms with Crippen LogP contribution in [0.2, 0.25) is 25.7 Å². The van der Waals surface area contributed by atoms with Crippen molar-refractivity contribution in [2.24, 2.45) is 0 Å². The number of imidazole rings is 1. The molecule has 1 aromatic heterocycles. The van der Waals surface area contributed by atoms with Crippen LogP contribution < -0.4 is 0 Å². The first-order valence-corrected chi connectivity index (χ1v) is 10.4. The minimum absolute atomic E-state index is 0.380. The Hall–Kier alpha value is -1.40. The topological polar surface area (TPSA) is 53.3 Å². The number of ether oxygens (including phenoxy) is 2. The van der Waals surface area contributed by atoms with E-state index in [0.29, 0.717) is 6.73 Å². The maximum Gasteiger partial charge on any atom is 0.330 e. The summed E-state index contributed by atoms with van der Waals surface area (Å²) in [5.41, 5.74) is 0.834. The number of rotatable bonds is 7. The van der Waals surface area contributed by atoms with Gasteiger partial charge in [-0.2, -0.15) is 0 Å². The number of carbonyl (C=O) groups is 1. The van der Waals surface area contributed by atoms with E-state index in [1.165, 1.54) is 13.2 Å². The van der Waals surface area contributed by atoms with Crippen molar-refractivity contribution in [3.05, 3.63) is 23.8 Å². The van der Waals surface area contributed by atoms with E-state index >= 15 is 0 Å². The Morgan fingerprint density at radius 3 is 2.75 bits per heavy atom. The number of aryl methyl sites for hydroxylation is 1. The molecule has 0 aliphatic heterocycles. The Kier molecular flexibility index (Phi) is 6.16. The quantitative estimate of drug-likeness (QED) is 0.336. The smallest absolute Gasteiger partial charge is 0.330 e. The van der Waals surface area contributed by atoms with Gasteiger partial charge in [0.15, 0.2) is 0 Å². The average Bonchev–Trinajstić information content (AvgIpc) is 2.71. The molecule has 0 amide bonds. The van der Waals surface area contributed by atoms with Crippen LogP contribution in [0.15, 0.2) is 12.3 Å². The fourth-order valence-electron chi connectivity index (χ4n) is 1.54. The van der Waals surface area contributed by atoms with E-state index in [-0.39, 0.29) is 5.97 Å². The predicted molar refractivity (Wildman–Crippen MR) is 82.1 cm³/mol. The zero-order valence-electron chi connectivity index (χ0n) is 13.0. The van der Waals surface area contributed by atoms with E-state index in [2.05, 4.69) is 29.4 Å². The molecule has 0 atom stereocenters. The molecule has 1 rings (SSSR count). The second-order valence-corrected chi connectivity index (χ2v) is 11.5. The third-order valence-corrected chi connectivity index (χ3v) is 4.60. The molecule has 1 heterocycles.